The molecular formula is C13H12BrNOS. The Morgan fingerprint density at radius 2 is 2.12 bits per heavy atom. The molecule has 0 atom stereocenters. The van der Waals surface area contributed by atoms with Gasteiger partial charge in [0.05, 0.1) is 4.88 Å². The number of carbonyl (C=O) groups excluding carboxylic acids is 1. The van der Waals surface area contributed by atoms with E-state index in [1.165, 1.54) is 16.9 Å². The van der Waals surface area contributed by atoms with Gasteiger partial charge in [-0.05, 0) is 53.0 Å². The van der Waals surface area contributed by atoms with E-state index in [0.29, 0.717) is 4.88 Å². The molecule has 2 nitrogen and oxygen atoms in total. The molecular weight excluding hydrogens is 298 g/mol. The van der Waals surface area contributed by atoms with E-state index in [1.807, 2.05) is 43.5 Å². The highest BCUT2D eigenvalue weighted by molar-refractivity contribution is 9.10. The van der Waals surface area contributed by atoms with E-state index in [9.17, 15) is 4.79 Å². The van der Waals surface area contributed by atoms with Crippen LogP contribution < -0.4 is 5.32 Å². The summed E-state index contributed by atoms with van der Waals surface area (Å²) in [7, 11) is 0. The van der Waals surface area contributed by atoms with Gasteiger partial charge in [-0.15, -0.1) is 11.3 Å². The van der Waals surface area contributed by atoms with Crippen LogP contribution in [-0.2, 0) is 0 Å². The largest absolute Gasteiger partial charge is 0.321 e. The van der Waals surface area contributed by atoms with Gasteiger partial charge in [-0.25, -0.2) is 0 Å². The fourth-order valence-corrected chi connectivity index (χ4v) is 2.82. The minimum atomic E-state index is -0.0607. The number of hydrogen-bond donors (Lipinski definition) is 1. The lowest BCUT2D eigenvalue weighted by Crippen LogP contribution is -2.11. The van der Waals surface area contributed by atoms with E-state index in [4.69, 9.17) is 0 Å². The van der Waals surface area contributed by atoms with Crippen molar-refractivity contribution >= 4 is 38.9 Å². The molecule has 0 bridgehead atoms. The van der Waals surface area contributed by atoms with Crippen molar-refractivity contribution in [2.24, 2.45) is 0 Å². The van der Waals surface area contributed by atoms with E-state index in [2.05, 4.69) is 21.2 Å². The van der Waals surface area contributed by atoms with E-state index < -0.39 is 0 Å². The van der Waals surface area contributed by atoms with E-state index in [0.717, 1.165) is 15.7 Å². The molecule has 0 aliphatic carbocycles. The molecule has 0 saturated heterocycles. The number of rotatable bonds is 2. The number of hydrogen-bond acceptors (Lipinski definition) is 2. The van der Waals surface area contributed by atoms with Crippen LogP contribution in [0.25, 0.3) is 0 Å². The number of amides is 1. The van der Waals surface area contributed by atoms with Crippen molar-refractivity contribution in [1.29, 1.82) is 0 Å². The summed E-state index contributed by atoms with van der Waals surface area (Å²) in [6.45, 7) is 4.04. The van der Waals surface area contributed by atoms with Crippen LogP contribution in [0.5, 0.6) is 0 Å². The van der Waals surface area contributed by atoms with Crippen LogP contribution in [0, 0.1) is 13.8 Å². The monoisotopic (exact) mass is 309 g/mol. The maximum atomic E-state index is 12.0. The number of nitrogens with one attached hydrogen (secondary N) is 1. The minimum Gasteiger partial charge on any atom is -0.321 e. The fourth-order valence-electron chi connectivity index (χ4n) is 1.50. The average Bonchev–Trinajstić information content (AvgIpc) is 2.72. The smallest absolute Gasteiger partial charge is 0.265 e. The Morgan fingerprint density at radius 3 is 2.76 bits per heavy atom. The van der Waals surface area contributed by atoms with Gasteiger partial charge in [-0.1, -0.05) is 12.1 Å². The number of aryl methyl sites for hydroxylation is 1. The summed E-state index contributed by atoms with van der Waals surface area (Å²) < 4.78 is 0.939. The topological polar surface area (TPSA) is 29.1 Å². The Hall–Kier alpha value is -1.13. The summed E-state index contributed by atoms with van der Waals surface area (Å²) in [5.74, 6) is -0.0607. The SMILES string of the molecule is Cc1cccc(NC(=O)c2cc(Br)cs2)c1C. The van der Waals surface area contributed by atoms with Crippen LogP contribution in [0.2, 0.25) is 0 Å². The van der Waals surface area contributed by atoms with Crippen LogP contribution in [0.1, 0.15) is 20.8 Å². The Bertz CT molecular complexity index is 562. The third-order valence-corrected chi connectivity index (χ3v) is 4.33. The predicted octanol–water partition coefficient (Wildman–Crippen LogP) is 4.38. The summed E-state index contributed by atoms with van der Waals surface area (Å²) in [5, 5.41) is 4.83. The molecule has 0 radical (unpaired) electrons. The molecule has 2 rings (SSSR count). The second kappa shape index (κ2) is 5.02. The normalized spacial score (nSPS) is 10.3. The highest BCUT2D eigenvalue weighted by atomic mass is 79.9. The van der Waals surface area contributed by atoms with Crippen molar-refractivity contribution in [3.05, 3.63) is 50.1 Å². The first-order valence-corrected chi connectivity index (χ1v) is 6.87. The molecule has 0 fully saturated rings. The first kappa shape index (κ1) is 12.3. The highest BCUT2D eigenvalue weighted by Gasteiger charge is 2.10. The van der Waals surface area contributed by atoms with Crippen molar-refractivity contribution in [2.75, 3.05) is 5.32 Å². The lowest BCUT2D eigenvalue weighted by atomic mass is 10.1. The van der Waals surface area contributed by atoms with Gasteiger partial charge in [0, 0.05) is 15.5 Å². The summed E-state index contributed by atoms with van der Waals surface area (Å²) in [6, 6.07) is 7.73. The Morgan fingerprint density at radius 1 is 1.35 bits per heavy atom. The molecule has 1 amide bonds. The fraction of sp³-hybridized carbons (Fsp3) is 0.154. The molecule has 2 aromatic rings. The Kier molecular flexibility index (Phi) is 3.64. The van der Waals surface area contributed by atoms with Crippen LogP contribution in [-0.4, -0.2) is 5.91 Å². The standard InChI is InChI=1S/C13H12BrNOS/c1-8-4-3-5-11(9(8)2)15-13(16)12-6-10(14)7-17-12/h3-7H,1-2H3,(H,15,16). The van der Waals surface area contributed by atoms with Gasteiger partial charge in [-0.2, -0.15) is 0 Å². The Labute approximate surface area is 113 Å². The van der Waals surface area contributed by atoms with Gasteiger partial charge >= 0.3 is 0 Å². The quantitative estimate of drug-likeness (QED) is 0.876. The molecule has 1 aromatic heterocycles. The number of carbonyl (C=O) groups is 1. The second-order valence-electron chi connectivity index (χ2n) is 3.83. The van der Waals surface area contributed by atoms with Gasteiger partial charge in [0.25, 0.3) is 5.91 Å². The van der Waals surface area contributed by atoms with E-state index in [-0.39, 0.29) is 5.91 Å². The van der Waals surface area contributed by atoms with Crippen molar-refractivity contribution in [3.8, 4) is 0 Å². The van der Waals surface area contributed by atoms with Gasteiger partial charge in [0.2, 0.25) is 0 Å². The molecule has 1 heterocycles. The van der Waals surface area contributed by atoms with Gasteiger partial charge in [-0.3, -0.25) is 4.79 Å². The van der Waals surface area contributed by atoms with E-state index >= 15 is 0 Å². The maximum Gasteiger partial charge on any atom is 0.265 e. The van der Waals surface area contributed by atoms with Crippen LogP contribution in [0.4, 0.5) is 5.69 Å². The molecule has 0 saturated carbocycles. The van der Waals surface area contributed by atoms with Crippen LogP contribution in [0.3, 0.4) is 0 Å². The first-order valence-electron chi connectivity index (χ1n) is 5.19. The molecule has 0 spiro atoms. The lowest BCUT2D eigenvalue weighted by Gasteiger charge is -2.09. The van der Waals surface area contributed by atoms with Crippen LogP contribution in [0.15, 0.2) is 34.1 Å². The number of benzene rings is 1. The Balaban J connectivity index is 2.21. The summed E-state index contributed by atoms with van der Waals surface area (Å²) in [6.07, 6.45) is 0. The van der Waals surface area contributed by atoms with Crippen molar-refractivity contribution < 1.29 is 4.79 Å². The highest BCUT2D eigenvalue weighted by Crippen LogP contribution is 2.23. The number of halogens is 1. The van der Waals surface area contributed by atoms with Crippen LogP contribution >= 0.6 is 27.3 Å². The first-order chi connectivity index (χ1) is 8.08. The van der Waals surface area contributed by atoms with E-state index in [1.54, 1.807) is 0 Å². The minimum absolute atomic E-state index is 0.0607. The van der Waals surface area contributed by atoms with Gasteiger partial charge < -0.3 is 5.32 Å². The maximum absolute atomic E-state index is 12.0. The zero-order chi connectivity index (χ0) is 12.4. The molecule has 88 valence electrons. The summed E-state index contributed by atoms with van der Waals surface area (Å²) >= 11 is 4.77. The third-order valence-electron chi connectivity index (χ3n) is 2.64. The molecule has 0 aliphatic rings. The van der Waals surface area contributed by atoms with Crippen molar-refractivity contribution in [2.45, 2.75) is 13.8 Å². The second-order valence-corrected chi connectivity index (χ2v) is 5.66. The molecule has 4 heteroatoms. The summed E-state index contributed by atoms with van der Waals surface area (Å²) in [5.41, 5.74) is 3.16. The number of thiophene rings is 1. The molecule has 17 heavy (non-hydrogen) atoms. The molecule has 0 unspecified atom stereocenters. The lowest BCUT2D eigenvalue weighted by molar-refractivity contribution is 0.103. The third kappa shape index (κ3) is 2.76. The molecule has 0 aliphatic heterocycles. The zero-order valence-electron chi connectivity index (χ0n) is 9.58. The van der Waals surface area contributed by atoms with Crippen molar-refractivity contribution in [1.82, 2.24) is 0 Å². The van der Waals surface area contributed by atoms with Gasteiger partial charge in [0.15, 0.2) is 0 Å². The average molecular weight is 310 g/mol. The predicted molar refractivity (Wildman–Crippen MR) is 75.9 cm³/mol. The number of anilines is 1. The van der Waals surface area contributed by atoms with Crippen molar-refractivity contribution in [3.63, 3.8) is 0 Å². The zero-order valence-corrected chi connectivity index (χ0v) is 12.0. The van der Waals surface area contributed by atoms with Gasteiger partial charge in [0.1, 0.15) is 0 Å². The molecule has 1 N–H and O–H groups in total. The summed E-state index contributed by atoms with van der Waals surface area (Å²) in [4.78, 5) is 12.7. The molecule has 1 aromatic carbocycles.